The first kappa shape index (κ1) is 22.3. The van der Waals surface area contributed by atoms with Crippen LogP contribution in [-0.4, -0.2) is 30.0 Å². The average molecular weight is 455 g/mol. The van der Waals surface area contributed by atoms with Gasteiger partial charge in [-0.3, -0.25) is 4.79 Å². The Kier molecular flexibility index (Phi) is 6.95. The summed E-state index contributed by atoms with van der Waals surface area (Å²) in [6, 6.07) is 14.5. The van der Waals surface area contributed by atoms with E-state index in [1.165, 1.54) is 6.08 Å². The maximum absolute atomic E-state index is 12.4. The molecule has 0 bridgehead atoms. The summed E-state index contributed by atoms with van der Waals surface area (Å²) < 4.78 is 12.7. The van der Waals surface area contributed by atoms with E-state index in [9.17, 15) is 14.9 Å². The van der Waals surface area contributed by atoms with Crippen LogP contribution >= 0.6 is 22.9 Å². The number of nitriles is 1. The third kappa shape index (κ3) is 5.05. The zero-order valence-electron chi connectivity index (χ0n) is 17.1. The second-order valence-corrected chi connectivity index (χ2v) is 8.35. The predicted molar refractivity (Wildman–Crippen MR) is 120 cm³/mol. The normalized spacial score (nSPS) is 11.1. The largest absolute Gasteiger partial charge is 0.497 e. The van der Waals surface area contributed by atoms with Crippen LogP contribution in [0.3, 0.4) is 0 Å². The highest BCUT2D eigenvalue weighted by Gasteiger charge is 2.17. The molecule has 3 aromatic rings. The second-order valence-electron chi connectivity index (χ2n) is 6.63. The van der Waals surface area contributed by atoms with Crippen LogP contribution in [-0.2, 0) is 9.53 Å². The zero-order chi connectivity index (χ0) is 22.5. The third-order valence-electron chi connectivity index (χ3n) is 4.62. The minimum absolute atomic E-state index is 0.188. The summed E-state index contributed by atoms with van der Waals surface area (Å²) >= 11 is 6.92. The van der Waals surface area contributed by atoms with Crippen LogP contribution in [0, 0.1) is 25.2 Å². The maximum atomic E-state index is 12.4. The number of aryl methyl sites for hydroxylation is 1. The van der Waals surface area contributed by atoms with E-state index in [0.29, 0.717) is 14.8 Å². The number of rotatable bonds is 7. The number of benzene rings is 1. The Hall–Kier alpha value is -3.34. The number of ether oxygens (including phenoxy) is 2. The summed E-state index contributed by atoms with van der Waals surface area (Å²) in [7, 11) is 1.61. The number of nitrogens with zero attached hydrogens (tertiary/aromatic N) is 2. The molecule has 0 aliphatic rings. The molecule has 158 valence electrons. The van der Waals surface area contributed by atoms with Crippen molar-refractivity contribution in [1.82, 2.24) is 4.57 Å². The van der Waals surface area contributed by atoms with E-state index < -0.39 is 12.6 Å². The SMILES string of the molecule is COc1ccc(-n2c(C)cc(/C=C(\C#N)C(=O)OCC(=O)c3ccc(Cl)s3)c2C)cc1. The predicted octanol–water partition coefficient (Wildman–Crippen LogP) is 5.15. The topological polar surface area (TPSA) is 81.3 Å². The van der Waals surface area contributed by atoms with E-state index in [1.807, 2.05) is 54.8 Å². The molecule has 0 spiro atoms. The number of thiophene rings is 1. The van der Waals surface area contributed by atoms with Crippen LogP contribution in [0.1, 0.15) is 26.6 Å². The Morgan fingerprint density at radius 3 is 2.48 bits per heavy atom. The molecule has 0 radical (unpaired) electrons. The number of methoxy groups -OCH3 is 1. The highest BCUT2D eigenvalue weighted by molar-refractivity contribution is 7.18. The standard InChI is InChI=1S/C23H19ClN2O4S/c1-14-10-16(15(2)26(14)18-4-6-19(29-3)7-5-18)11-17(12-25)23(28)30-13-20(27)21-8-9-22(24)31-21/h4-11H,13H2,1-3H3/b17-11+. The molecule has 2 aromatic heterocycles. The van der Waals surface area contributed by atoms with Crippen molar-refractivity contribution < 1.29 is 19.1 Å². The van der Waals surface area contributed by atoms with Gasteiger partial charge in [0, 0.05) is 17.1 Å². The van der Waals surface area contributed by atoms with Crippen LogP contribution in [0.4, 0.5) is 0 Å². The summed E-state index contributed by atoms with van der Waals surface area (Å²) in [6.07, 6.45) is 1.47. The first-order valence-corrected chi connectivity index (χ1v) is 10.4. The van der Waals surface area contributed by atoms with Crippen molar-refractivity contribution in [3.05, 3.63) is 74.2 Å². The molecule has 0 unspecified atom stereocenters. The molecule has 6 nitrogen and oxygen atoms in total. The summed E-state index contributed by atoms with van der Waals surface area (Å²) in [4.78, 5) is 24.8. The zero-order valence-corrected chi connectivity index (χ0v) is 18.7. The van der Waals surface area contributed by atoms with Crippen LogP contribution in [0.15, 0.2) is 48.0 Å². The van der Waals surface area contributed by atoms with Crippen LogP contribution < -0.4 is 4.74 Å². The molecule has 1 aromatic carbocycles. The monoisotopic (exact) mass is 454 g/mol. The molecular formula is C23H19ClN2O4S. The number of esters is 1. The molecule has 31 heavy (non-hydrogen) atoms. The molecule has 0 fully saturated rings. The van der Waals surface area contributed by atoms with Gasteiger partial charge in [-0.1, -0.05) is 11.6 Å². The van der Waals surface area contributed by atoms with Gasteiger partial charge in [-0.15, -0.1) is 11.3 Å². The molecule has 8 heteroatoms. The molecule has 0 saturated heterocycles. The molecule has 0 aliphatic heterocycles. The minimum Gasteiger partial charge on any atom is -0.497 e. The lowest BCUT2D eigenvalue weighted by Gasteiger charge is -2.10. The third-order valence-corrected chi connectivity index (χ3v) is 5.90. The molecule has 0 aliphatic carbocycles. The fourth-order valence-electron chi connectivity index (χ4n) is 3.10. The summed E-state index contributed by atoms with van der Waals surface area (Å²) in [5, 5.41) is 9.44. The van der Waals surface area contributed by atoms with Crippen molar-refractivity contribution in [2.45, 2.75) is 13.8 Å². The molecule has 0 saturated carbocycles. The van der Waals surface area contributed by atoms with E-state index in [2.05, 4.69) is 0 Å². The van der Waals surface area contributed by atoms with Crippen molar-refractivity contribution in [2.75, 3.05) is 13.7 Å². The molecule has 2 heterocycles. The van der Waals surface area contributed by atoms with Gasteiger partial charge in [-0.2, -0.15) is 5.26 Å². The van der Waals surface area contributed by atoms with Gasteiger partial charge in [0.2, 0.25) is 5.78 Å². The van der Waals surface area contributed by atoms with E-state index >= 15 is 0 Å². The Labute approximate surface area is 188 Å². The number of hydrogen-bond donors (Lipinski definition) is 0. The maximum Gasteiger partial charge on any atom is 0.349 e. The van der Waals surface area contributed by atoms with Gasteiger partial charge in [0.1, 0.15) is 17.4 Å². The van der Waals surface area contributed by atoms with Gasteiger partial charge in [-0.25, -0.2) is 4.79 Å². The van der Waals surface area contributed by atoms with Crippen LogP contribution in [0.25, 0.3) is 11.8 Å². The van der Waals surface area contributed by atoms with E-state index in [0.717, 1.165) is 34.2 Å². The molecule has 3 rings (SSSR count). The van der Waals surface area contributed by atoms with Gasteiger partial charge in [0.25, 0.3) is 0 Å². The van der Waals surface area contributed by atoms with Crippen molar-refractivity contribution in [3.63, 3.8) is 0 Å². The highest BCUT2D eigenvalue weighted by Crippen LogP contribution is 2.25. The number of Topliss-reactive ketones (excluding diaryl/α,β-unsaturated/α-hetero) is 1. The van der Waals surface area contributed by atoms with Crippen molar-refractivity contribution >= 4 is 40.8 Å². The fraction of sp³-hybridized carbons (Fsp3) is 0.174. The number of carbonyl (C=O) groups is 2. The van der Waals surface area contributed by atoms with Gasteiger partial charge in [0.05, 0.1) is 16.3 Å². The van der Waals surface area contributed by atoms with Gasteiger partial charge in [-0.05, 0) is 68.0 Å². The van der Waals surface area contributed by atoms with Gasteiger partial charge < -0.3 is 14.0 Å². The quantitative estimate of drug-likeness (QED) is 0.213. The molecular weight excluding hydrogens is 436 g/mol. The Bertz CT molecular complexity index is 1200. The number of hydrogen-bond acceptors (Lipinski definition) is 6. The number of ketones is 1. The van der Waals surface area contributed by atoms with Gasteiger partial charge in [0.15, 0.2) is 6.61 Å². The van der Waals surface area contributed by atoms with Crippen LogP contribution in [0.5, 0.6) is 5.75 Å². The Morgan fingerprint density at radius 1 is 1.19 bits per heavy atom. The van der Waals surface area contributed by atoms with E-state index in [-0.39, 0.29) is 11.4 Å². The molecule has 0 N–H and O–H groups in total. The number of aromatic nitrogens is 1. The summed E-state index contributed by atoms with van der Waals surface area (Å²) in [6.45, 7) is 3.37. The van der Waals surface area contributed by atoms with E-state index in [1.54, 1.807) is 19.2 Å². The second kappa shape index (κ2) is 9.65. The number of halogens is 1. The molecule has 0 atom stereocenters. The average Bonchev–Trinajstić information content (AvgIpc) is 3.32. The summed E-state index contributed by atoms with van der Waals surface area (Å²) in [5.41, 5.74) is 3.23. The Balaban J connectivity index is 1.79. The summed E-state index contributed by atoms with van der Waals surface area (Å²) in [5.74, 6) is -0.479. The van der Waals surface area contributed by atoms with Gasteiger partial charge >= 0.3 is 5.97 Å². The first-order chi connectivity index (χ1) is 14.8. The lowest BCUT2D eigenvalue weighted by molar-refractivity contribution is -0.137. The van der Waals surface area contributed by atoms with Crippen molar-refractivity contribution in [1.29, 1.82) is 5.26 Å². The lowest BCUT2D eigenvalue weighted by atomic mass is 10.1. The minimum atomic E-state index is -0.854. The van der Waals surface area contributed by atoms with Crippen molar-refractivity contribution in [3.8, 4) is 17.5 Å². The van der Waals surface area contributed by atoms with Crippen LogP contribution in [0.2, 0.25) is 4.34 Å². The van der Waals surface area contributed by atoms with E-state index in [4.69, 9.17) is 21.1 Å². The van der Waals surface area contributed by atoms with Crippen molar-refractivity contribution in [2.24, 2.45) is 0 Å². The lowest BCUT2D eigenvalue weighted by Crippen LogP contribution is -2.14. The Morgan fingerprint density at radius 2 is 1.90 bits per heavy atom. The smallest absolute Gasteiger partial charge is 0.349 e. The first-order valence-electron chi connectivity index (χ1n) is 9.25. The number of carbonyl (C=O) groups excluding carboxylic acids is 2. The fourth-order valence-corrected chi connectivity index (χ4v) is 4.07. The molecule has 0 amide bonds. The highest BCUT2D eigenvalue weighted by atomic mass is 35.5.